The summed E-state index contributed by atoms with van der Waals surface area (Å²) in [4.78, 5) is 2.53. The predicted octanol–water partition coefficient (Wildman–Crippen LogP) is 1.47. The van der Waals surface area contributed by atoms with E-state index < -0.39 is 0 Å². The highest BCUT2D eigenvalue weighted by atomic mass is 15.2. The molecule has 1 heterocycles. The average Bonchev–Trinajstić information content (AvgIpc) is 2.51. The molecule has 0 radical (unpaired) electrons. The molecule has 1 N–H and O–H groups in total. The first-order chi connectivity index (χ1) is 5.74. The Morgan fingerprint density at radius 3 is 2.67 bits per heavy atom. The lowest BCUT2D eigenvalue weighted by Gasteiger charge is -2.27. The van der Waals surface area contributed by atoms with Gasteiger partial charge in [-0.3, -0.25) is 4.90 Å². The number of hydrogen-bond donors (Lipinski definition) is 1. The highest BCUT2D eigenvalue weighted by Crippen LogP contribution is 2.08. The van der Waals surface area contributed by atoms with Crippen LogP contribution in [-0.4, -0.2) is 36.6 Å². The second-order valence-electron chi connectivity index (χ2n) is 3.97. The van der Waals surface area contributed by atoms with Gasteiger partial charge in [0.05, 0.1) is 0 Å². The molecule has 2 heteroatoms. The van der Waals surface area contributed by atoms with E-state index in [1.807, 2.05) is 0 Å². The van der Waals surface area contributed by atoms with Gasteiger partial charge < -0.3 is 5.32 Å². The van der Waals surface area contributed by atoms with Crippen LogP contribution in [0.5, 0.6) is 0 Å². The second-order valence-corrected chi connectivity index (χ2v) is 3.97. The van der Waals surface area contributed by atoms with Crippen LogP contribution in [-0.2, 0) is 0 Å². The van der Waals surface area contributed by atoms with Crippen molar-refractivity contribution in [2.75, 3.05) is 19.6 Å². The Morgan fingerprint density at radius 2 is 2.25 bits per heavy atom. The van der Waals surface area contributed by atoms with Gasteiger partial charge in [-0.1, -0.05) is 6.92 Å². The lowest BCUT2D eigenvalue weighted by molar-refractivity contribution is 0.213. The number of nitrogens with one attached hydrogen (secondary N) is 1. The van der Waals surface area contributed by atoms with Crippen molar-refractivity contribution in [2.24, 2.45) is 0 Å². The maximum atomic E-state index is 3.53. The van der Waals surface area contributed by atoms with Gasteiger partial charge in [0.1, 0.15) is 0 Å². The summed E-state index contributed by atoms with van der Waals surface area (Å²) in [5.74, 6) is 0. The van der Waals surface area contributed by atoms with Crippen molar-refractivity contribution in [1.82, 2.24) is 10.2 Å². The van der Waals surface area contributed by atoms with Gasteiger partial charge in [0.15, 0.2) is 0 Å². The monoisotopic (exact) mass is 170 g/mol. The van der Waals surface area contributed by atoms with Gasteiger partial charge in [-0.15, -0.1) is 0 Å². The molecule has 1 aliphatic rings. The molecule has 0 aromatic rings. The quantitative estimate of drug-likeness (QED) is 0.687. The van der Waals surface area contributed by atoms with Crippen LogP contribution in [0.3, 0.4) is 0 Å². The third-order valence-electron chi connectivity index (χ3n) is 2.75. The molecule has 0 saturated carbocycles. The first-order valence-corrected chi connectivity index (χ1v) is 5.21. The molecule has 0 aliphatic carbocycles. The van der Waals surface area contributed by atoms with Crippen LogP contribution in [0.1, 0.15) is 33.6 Å². The summed E-state index contributed by atoms with van der Waals surface area (Å²) in [5.41, 5.74) is 0. The molecule has 72 valence electrons. The van der Waals surface area contributed by atoms with Gasteiger partial charge in [-0.2, -0.15) is 0 Å². The van der Waals surface area contributed by atoms with Gasteiger partial charge in [-0.25, -0.2) is 0 Å². The van der Waals surface area contributed by atoms with Crippen LogP contribution >= 0.6 is 0 Å². The minimum Gasteiger partial charge on any atom is -0.313 e. The smallest absolute Gasteiger partial charge is 0.0195 e. The predicted molar refractivity (Wildman–Crippen MR) is 53.4 cm³/mol. The van der Waals surface area contributed by atoms with E-state index in [1.54, 1.807) is 0 Å². The van der Waals surface area contributed by atoms with Crippen molar-refractivity contribution >= 4 is 0 Å². The number of hydrogen-bond acceptors (Lipinski definition) is 2. The Kier molecular flexibility index (Phi) is 4.02. The Labute approximate surface area is 76.3 Å². The van der Waals surface area contributed by atoms with Gasteiger partial charge >= 0.3 is 0 Å². The molecule has 1 atom stereocenters. The van der Waals surface area contributed by atoms with Crippen molar-refractivity contribution < 1.29 is 0 Å². The molecule has 2 nitrogen and oxygen atoms in total. The van der Waals surface area contributed by atoms with E-state index in [0.29, 0.717) is 6.04 Å². The molecule has 1 fully saturated rings. The summed E-state index contributed by atoms with van der Waals surface area (Å²) in [6.45, 7) is 10.4. The summed E-state index contributed by atoms with van der Waals surface area (Å²) in [6.07, 6.45) is 2.73. The van der Waals surface area contributed by atoms with E-state index in [4.69, 9.17) is 0 Å². The molecule has 0 bridgehead atoms. The van der Waals surface area contributed by atoms with E-state index in [9.17, 15) is 0 Å². The summed E-state index contributed by atoms with van der Waals surface area (Å²) in [6, 6.07) is 1.45. The van der Waals surface area contributed by atoms with E-state index in [1.165, 1.54) is 32.5 Å². The molecule has 0 unspecified atom stereocenters. The third kappa shape index (κ3) is 2.76. The maximum absolute atomic E-state index is 3.53. The van der Waals surface area contributed by atoms with Gasteiger partial charge in [0.25, 0.3) is 0 Å². The van der Waals surface area contributed by atoms with Crippen LogP contribution in [0.2, 0.25) is 0 Å². The summed E-state index contributed by atoms with van der Waals surface area (Å²) in [5, 5.41) is 3.53. The number of nitrogens with zero attached hydrogens (tertiary/aromatic N) is 1. The van der Waals surface area contributed by atoms with Crippen LogP contribution in [0, 0.1) is 0 Å². The molecule has 1 aliphatic heterocycles. The van der Waals surface area contributed by atoms with Gasteiger partial charge in [0, 0.05) is 18.6 Å². The van der Waals surface area contributed by atoms with E-state index in [0.717, 1.165) is 6.04 Å². The zero-order valence-electron chi connectivity index (χ0n) is 8.64. The van der Waals surface area contributed by atoms with Crippen molar-refractivity contribution in [1.29, 1.82) is 0 Å². The summed E-state index contributed by atoms with van der Waals surface area (Å²) in [7, 11) is 0. The molecule has 1 saturated heterocycles. The van der Waals surface area contributed by atoms with E-state index in [2.05, 4.69) is 31.0 Å². The van der Waals surface area contributed by atoms with Crippen molar-refractivity contribution in [3.05, 3.63) is 0 Å². The van der Waals surface area contributed by atoms with Crippen LogP contribution in [0.4, 0.5) is 0 Å². The van der Waals surface area contributed by atoms with Crippen LogP contribution in [0.25, 0.3) is 0 Å². The fourth-order valence-electron chi connectivity index (χ4n) is 1.90. The van der Waals surface area contributed by atoms with Gasteiger partial charge in [0.2, 0.25) is 0 Å². The normalized spacial score (nSPS) is 24.2. The topological polar surface area (TPSA) is 15.3 Å². The minimum absolute atomic E-state index is 0.692. The SMILES string of the molecule is CCN(C[C@H]1CCCN1)C(C)C. The Balaban J connectivity index is 2.26. The van der Waals surface area contributed by atoms with Crippen molar-refractivity contribution in [3.63, 3.8) is 0 Å². The maximum Gasteiger partial charge on any atom is 0.0195 e. The molecule has 0 aromatic heterocycles. The third-order valence-corrected chi connectivity index (χ3v) is 2.75. The molecular weight excluding hydrogens is 148 g/mol. The van der Waals surface area contributed by atoms with Crippen LogP contribution in [0.15, 0.2) is 0 Å². The second kappa shape index (κ2) is 4.83. The summed E-state index contributed by atoms with van der Waals surface area (Å²) < 4.78 is 0. The lowest BCUT2D eigenvalue weighted by atomic mass is 10.2. The largest absolute Gasteiger partial charge is 0.313 e. The fourth-order valence-corrected chi connectivity index (χ4v) is 1.90. The van der Waals surface area contributed by atoms with Crippen LogP contribution < -0.4 is 5.32 Å². The Hall–Kier alpha value is -0.0800. The highest BCUT2D eigenvalue weighted by molar-refractivity contribution is 4.78. The molecule has 12 heavy (non-hydrogen) atoms. The minimum atomic E-state index is 0.692. The molecular formula is C10H22N2. The molecule has 0 spiro atoms. The first kappa shape index (κ1) is 10.0. The Bertz CT molecular complexity index is 117. The number of likely N-dealkylation sites (N-methyl/N-ethyl adjacent to an activating group) is 1. The zero-order valence-corrected chi connectivity index (χ0v) is 8.64. The summed E-state index contributed by atoms with van der Waals surface area (Å²) >= 11 is 0. The van der Waals surface area contributed by atoms with E-state index >= 15 is 0 Å². The van der Waals surface area contributed by atoms with Gasteiger partial charge in [-0.05, 0) is 39.8 Å². The number of rotatable bonds is 4. The van der Waals surface area contributed by atoms with Crippen molar-refractivity contribution in [3.8, 4) is 0 Å². The molecule has 1 rings (SSSR count). The molecule has 0 aromatic carbocycles. The molecule has 0 amide bonds. The lowest BCUT2D eigenvalue weighted by Crippen LogP contribution is -2.40. The van der Waals surface area contributed by atoms with Crippen molar-refractivity contribution in [2.45, 2.75) is 45.7 Å². The first-order valence-electron chi connectivity index (χ1n) is 5.21. The highest BCUT2D eigenvalue weighted by Gasteiger charge is 2.17. The Morgan fingerprint density at radius 1 is 1.50 bits per heavy atom. The fraction of sp³-hybridized carbons (Fsp3) is 1.00. The average molecular weight is 170 g/mol. The van der Waals surface area contributed by atoms with E-state index in [-0.39, 0.29) is 0 Å². The zero-order chi connectivity index (χ0) is 8.97. The standard InChI is InChI=1S/C10H22N2/c1-4-12(9(2)3)8-10-6-5-7-11-10/h9-11H,4-8H2,1-3H3/t10-/m1/s1.